The molecule has 1 N–H and O–H groups in total. The van der Waals surface area contributed by atoms with Crippen molar-refractivity contribution in [1.29, 1.82) is 0 Å². The zero-order chi connectivity index (χ0) is 18.6. The number of para-hydroxylation sites is 2. The number of benzene rings is 2. The van der Waals surface area contributed by atoms with Crippen LogP contribution in [-0.2, 0) is 4.79 Å². The van der Waals surface area contributed by atoms with E-state index >= 15 is 0 Å². The Morgan fingerprint density at radius 3 is 2.50 bits per heavy atom. The molecule has 140 valence electrons. The lowest BCUT2D eigenvalue weighted by Crippen LogP contribution is -2.28. The van der Waals surface area contributed by atoms with Crippen LogP contribution in [-0.4, -0.2) is 32.3 Å². The average molecular weight is 422 g/mol. The van der Waals surface area contributed by atoms with Crippen LogP contribution in [0.15, 0.2) is 53.0 Å². The highest BCUT2D eigenvalue weighted by Crippen LogP contribution is 2.26. The first kappa shape index (κ1) is 20.1. The molecule has 26 heavy (non-hydrogen) atoms. The fraction of sp³-hybridized carbons (Fsp3) is 0.350. The quantitative estimate of drug-likeness (QED) is 0.552. The van der Waals surface area contributed by atoms with E-state index in [0.29, 0.717) is 45.0 Å². The molecule has 0 radical (unpaired) electrons. The van der Waals surface area contributed by atoms with Crippen molar-refractivity contribution in [2.45, 2.75) is 19.8 Å². The van der Waals surface area contributed by atoms with Crippen molar-refractivity contribution in [3.8, 4) is 17.2 Å². The molecule has 6 heteroatoms. The summed E-state index contributed by atoms with van der Waals surface area (Å²) in [6, 6.07) is 15.1. The number of carbonyl (C=O) groups excluding carboxylic acids is 1. The molecule has 1 amide bonds. The molecule has 0 aliphatic rings. The van der Waals surface area contributed by atoms with Gasteiger partial charge in [0, 0.05) is 10.9 Å². The zero-order valence-electron chi connectivity index (χ0n) is 14.9. The van der Waals surface area contributed by atoms with Gasteiger partial charge in [0.1, 0.15) is 12.4 Å². The number of hydrogen-bond donors (Lipinski definition) is 1. The van der Waals surface area contributed by atoms with Gasteiger partial charge in [-0.05, 0) is 43.7 Å². The van der Waals surface area contributed by atoms with Gasteiger partial charge in [-0.15, -0.1) is 0 Å². The van der Waals surface area contributed by atoms with Crippen LogP contribution in [0.3, 0.4) is 0 Å². The summed E-state index contributed by atoms with van der Waals surface area (Å²) in [4.78, 5) is 11.8. The van der Waals surface area contributed by atoms with E-state index in [0.717, 1.165) is 16.0 Å². The second-order valence-electron chi connectivity index (χ2n) is 5.49. The SMILES string of the molecule is CCOc1ccccc1OCCCC(=O)NCCOc1cccc(Br)c1. The van der Waals surface area contributed by atoms with Gasteiger partial charge < -0.3 is 19.5 Å². The fourth-order valence-corrected chi connectivity index (χ4v) is 2.64. The van der Waals surface area contributed by atoms with E-state index in [1.54, 1.807) is 0 Å². The normalized spacial score (nSPS) is 10.2. The van der Waals surface area contributed by atoms with E-state index in [1.165, 1.54) is 0 Å². The van der Waals surface area contributed by atoms with Crippen LogP contribution in [0.4, 0.5) is 0 Å². The maximum Gasteiger partial charge on any atom is 0.220 e. The van der Waals surface area contributed by atoms with Gasteiger partial charge in [0.05, 0.1) is 19.8 Å². The monoisotopic (exact) mass is 421 g/mol. The highest BCUT2D eigenvalue weighted by Gasteiger charge is 2.05. The van der Waals surface area contributed by atoms with E-state index < -0.39 is 0 Å². The number of rotatable bonds is 11. The van der Waals surface area contributed by atoms with Gasteiger partial charge in [-0.25, -0.2) is 0 Å². The van der Waals surface area contributed by atoms with E-state index in [4.69, 9.17) is 14.2 Å². The minimum Gasteiger partial charge on any atom is -0.492 e. The molecule has 0 atom stereocenters. The van der Waals surface area contributed by atoms with Gasteiger partial charge in [0.2, 0.25) is 5.91 Å². The molecule has 0 saturated heterocycles. The summed E-state index contributed by atoms with van der Waals surface area (Å²) in [5.41, 5.74) is 0. The van der Waals surface area contributed by atoms with Crippen molar-refractivity contribution in [2.75, 3.05) is 26.4 Å². The number of ether oxygens (including phenoxy) is 3. The maximum absolute atomic E-state index is 11.8. The first-order valence-electron chi connectivity index (χ1n) is 8.68. The predicted octanol–water partition coefficient (Wildman–Crippen LogP) is 4.20. The first-order chi connectivity index (χ1) is 12.7. The van der Waals surface area contributed by atoms with Gasteiger partial charge in [-0.3, -0.25) is 4.79 Å². The summed E-state index contributed by atoms with van der Waals surface area (Å²) in [7, 11) is 0. The van der Waals surface area contributed by atoms with Crippen molar-refractivity contribution in [3.05, 3.63) is 53.0 Å². The zero-order valence-corrected chi connectivity index (χ0v) is 16.5. The Kier molecular flexibility index (Phi) is 8.83. The Labute approximate surface area is 162 Å². The lowest BCUT2D eigenvalue weighted by molar-refractivity contribution is -0.121. The summed E-state index contributed by atoms with van der Waals surface area (Å²) in [5, 5.41) is 2.84. The molecule has 0 aliphatic heterocycles. The molecular weight excluding hydrogens is 398 g/mol. The summed E-state index contributed by atoms with van der Waals surface area (Å²) in [6.07, 6.45) is 1.05. The first-order valence-corrected chi connectivity index (χ1v) is 9.48. The summed E-state index contributed by atoms with van der Waals surface area (Å²) >= 11 is 3.39. The Balaban J connectivity index is 1.58. The summed E-state index contributed by atoms with van der Waals surface area (Å²) < 4.78 is 17.7. The van der Waals surface area contributed by atoms with Crippen LogP contribution >= 0.6 is 15.9 Å². The third-order valence-corrected chi connectivity index (χ3v) is 3.94. The van der Waals surface area contributed by atoms with Gasteiger partial charge in [-0.2, -0.15) is 0 Å². The Morgan fingerprint density at radius 2 is 1.77 bits per heavy atom. The van der Waals surface area contributed by atoms with Crippen LogP contribution in [0.5, 0.6) is 17.2 Å². The highest BCUT2D eigenvalue weighted by atomic mass is 79.9. The molecule has 0 aliphatic carbocycles. The van der Waals surface area contributed by atoms with Crippen LogP contribution in [0.2, 0.25) is 0 Å². The molecule has 2 rings (SSSR count). The lowest BCUT2D eigenvalue weighted by Gasteiger charge is -2.11. The van der Waals surface area contributed by atoms with E-state index in [9.17, 15) is 4.79 Å². The molecule has 0 spiro atoms. The second-order valence-corrected chi connectivity index (χ2v) is 6.40. The molecule has 0 bridgehead atoms. The smallest absolute Gasteiger partial charge is 0.220 e. The minimum atomic E-state index is -0.00969. The van der Waals surface area contributed by atoms with Crippen LogP contribution < -0.4 is 19.5 Å². The van der Waals surface area contributed by atoms with Crippen molar-refractivity contribution >= 4 is 21.8 Å². The standard InChI is InChI=1S/C20H24BrNO4/c1-2-24-18-9-3-4-10-19(18)26-13-6-11-20(23)22-12-14-25-17-8-5-7-16(21)15-17/h3-5,7-10,15H,2,6,11-14H2,1H3,(H,22,23). The van der Waals surface area contributed by atoms with E-state index in [2.05, 4.69) is 21.2 Å². The van der Waals surface area contributed by atoms with Gasteiger partial charge in [-0.1, -0.05) is 34.1 Å². The number of halogens is 1. The Hall–Kier alpha value is -2.21. The minimum absolute atomic E-state index is 0.00969. The van der Waals surface area contributed by atoms with E-state index in [-0.39, 0.29) is 5.91 Å². The molecule has 2 aromatic carbocycles. The number of hydrogen-bond acceptors (Lipinski definition) is 4. The topological polar surface area (TPSA) is 56.8 Å². The lowest BCUT2D eigenvalue weighted by atomic mass is 10.3. The maximum atomic E-state index is 11.8. The van der Waals surface area contributed by atoms with Gasteiger partial charge in [0.25, 0.3) is 0 Å². The Morgan fingerprint density at radius 1 is 1.00 bits per heavy atom. The van der Waals surface area contributed by atoms with Crippen molar-refractivity contribution < 1.29 is 19.0 Å². The molecule has 2 aromatic rings. The molecular formula is C20H24BrNO4. The molecule has 0 saturated carbocycles. The third-order valence-electron chi connectivity index (χ3n) is 3.44. The van der Waals surface area contributed by atoms with E-state index in [1.807, 2.05) is 55.5 Å². The second kappa shape index (κ2) is 11.4. The van der Waals surface area contributed by atoms with Gasteiger partial charge in [0.15, 0.2) is 11.5 Å². The number of nitrogens with one attached hydrogen (secondary N) is 1. The molecule has 5 nitrogen and oxygen atoms in total. The Bertz CT molecular complexity index is 693. The van der Waals surface area contributed by atoms with Crippen molar-refractivity contribution in [3.63, 3.8) is 0 Å². The predicted molar refractivity (Wildman–Crippen MR) is 105 cm³/mol. The molecule has 0 fully saturated rings. The third kappa shape index (κ3) is 7.35. The number of amides is 1. The van der Waals surface area contributed by atoms with Gasteiger partial charge >= 0.3 is 0 Å². The van der Waals surface area contributed by atoms with Crippen LogP contribution in [0.25, 0.3) is 0 Å². The molecule has 0 aromatic heterocycles. The molecule has 0 unspecified atom stereocenters. The average Bonchev–Trinajstić information content (AvgIpc) is 2.64. The number of carbonyl (C=O) groups is 1. The van der Waals surface area contributed by atoms with Crippen molar-refractivity contribution in [1.82, 2.24) is 5.32 Å². The summed E-state index contributed by atoms with van der Waals surface area (Å²) in [6.45, 7) is 3.89. The van der Waals surface area contributed by atoms with Crippen molar-refractivity contribution in [2.24, 2.45) is 0 Å². The van der Waals surface area contributed by atoms with Crippen LogP contribution in [0, 0.1) is 0 Å². The highest BCUT2D eigenvalue weighted by molar-refractivity contribution is 9.10. The summed E-state index contributed by atoms with van der Waals surface area (Å²) in [5.74, 6) is 2.20. The van der Waals surface area contributed by atoms with Crippen LogP contribution in [0.1, 0.15) is 19.8 Å². The largest absolute Gasteiger partial charge is 0.492 e. The fourth-order valence-electron chi connectivity index (χ4n) is 2.26. The molecule has 0 heterocycles.